The van der Waals surface area contributed by atoms with Crippen LogP contribution in [0, 0.1) is 0 Å². The predicted octanol–water partition coefficient (Wildman–Crippen LogP) is 4.39. The highest BCUT2D eigenvalue weighted by molar-refractivity contribution is 7.09. The van der Waals surface area contributed by atoms with E-state index in [0.29, 0.717) is 36.3 Å². The highest BCUT2D eigenvalue weighted by Crippen LogP contribution is 2.14. The van der Waals surface area contributed by atoms with E-state index in [1.54, 1.807) is 53.8 Å². The maximum atomic E-state index is 12.6. The van der Waals surface area contributed by atoms with Gasteiger partial charge in [0.15, 0.2) is 0 Å². The number of anilines is 1. The van der Waals surface area contributed by atoms with Crippen molar-refractivity contribution < 1.29 is 14.4 Å². The van der Waals surface area contributed by atoms with E-state index in [1.807, 2.05) is 24.4 Å². The number of nitrogens with one attached hydrogen (secondary N) is 3. The van der Waals surface area contributed by atoms with Crippen LogP contribution in [-0.4, -0.2) is 24.3 Å². The maximum absolute atomic E-state index is 12.6. The molecule has 0 saturated heterocycles. The number of amides is 3. The minimum atomic E-state index is -0.248. The van der Waals surface area contributed by atoms with Gasteiger partial charge in [0.05, 0.1) is 0 Å². The summed E-state index contributed by atoms with van der Waals surface area (Å²) in [7, 11) is 0. The normalized spacial score (nSPS) is 10.4. The second-order valence-corrected chi connectivity index (χ2v) is 8.34. The molecule has 0 atom stereocenters. The smallest absolute Gasteiger partial charge is 0.251 e. The van der Waals surface area contributed by atoms with Crippen LogP contribution < -0.4 is 16.0 Å². The van der Waals surface area contributed by atoms with Crippen molar-refractivity contribution in [1.29, 1.82) is 0 Å². The number of carbonyl (C=O) groups excluding carboxylic acids is 3. The molecule has 0 aliphatic heterocycles. The third kappa shape index (κ3) is 7.06. The summed E-state index contributed by atoms with van der Waals surface area (Å²) in [4.78, 5) is 38.1. The van der Waals surface area contributed by atoms with Gasteiger partial charge in [0.1, 0.15) is 0 Å². The van der Waals surface area contributed by atoms with Crippen molar-refractivity contribution >= 4 is 34.7 Å². The lowest BCUT2D eigenvalue weighted by atomic mass is 10.1. The first-order valence-electron chi connectivity index (χ1n) is 10.6. The Morgan fingerprint density at radius 3 is 2.38 bits per heavy atom. The lowest BCUT2D eigenvalue weighted by Crippen LogP contribution is -2.24. The van der Waals surface area contributed by atoms with Crippen LogP contribution in [0.4, 0.5) is 5.69 Å². The van der Waals surface area contributed by atoms with Gasteiger partial charge in [-0.3, -0.25) is 14.4 Å². The van der Waals surface area contributed by atoms with Crippen LogP contribution in [0.2, 0.25) is 0 Å². The molecule has 3 aromatic rings. The number of hydrogen-bond donors (Lipinski definition) is 3. The van der Waals surface area contributed by atoms with Crippen LogP contribution in [0.3, 0.4) is 0 Å². The molecule has 1 aromatic heterocycles. The molecule has 0 aliphatic carbocycles. The fourth-order valence-corrected chi connectivity index (χ4v) is 3.96. The molecule has 0 radical (unpaired) electrons. The number of aryl methyl sites for hydroxylation is 1. The van der Waals surface area contributed by atoms with Gasteiger partial charge < -0.3 is 16.0 Å². The van der Waals surface area contributed by atoms with Crippen LogP contribution in [-0.2, 0) is 17.8 Å². The van der Waals surface area contributed by atoms with Gasteiger partial charge in [-0.15, -0.1) is 11.3 Å². The second kappa shape index (κ2) is 11.8. The minimum absolute atomic E-state index is 0.0683. The zero-order valence-electron chi connectivity index (χ0n) is 18.0. The average molecular weight is 450 g/mol. The molecular formula is C25H27N3O3S. The van der Waals surface area contributed by atoms with Crippen molar-refractivity contribution in [3.8, 4) is 0 Å². The van der Waals surface area contributed by atoms with Crippen LogP contribution >= 0.6 is 11.3 Å². The minimum Gasteiger partial charge on any atom is -0.352 e. The van der Waals surface area contributed by atoms with Gasteiger partial charge in [-0.2, -0.15) is 0 Å². The standard InChI is InChI=1S/C25H27N3O3S/c1-2-26-24(30)19-8-3-7-18(15-19)17-27-25(31)20-9-4-10-21(16-20)28-23(29)13-5-11-22-12-6-14-32-22/h3-4,6-10,12,14-16H,2,5,11,13,17H2,1H3,(H,26,30)(H,27,31)(H,28,29). The zero-order valence-corrected chi connectivity index (χ0v) is 18.8. The van der Waals surface area contributed by atoms with Gasteiger partial charge in [-0.25, -0.2) is 0 Å². The lowest BCUT2D eigenvalue weighted by Gasteiger charge is -2.09. The van der Waals surface area contributed by atoms with E-state index in [0.717, 1.165) is 18.4 Å². The molecule has 0 fully saturated rings. The fourth-order valence-electron chi connectivity index (χ4n) is 3.21. The topological polar surface area (TPSA) is 87.3 Å². The molecule has 6 nitrogen and oxygen atoms in total. The van der Waals surface area contributed by atoms with E-state index in [2.05, 4.69) is 22.0 Å². The van der Waals surface area contributed by atoms with Gasteiger partial charge in [-0.1, -0.05) is 24.3 Å². The Balaban J connectivity index is 1.51. The van der Waals surface area contributed by atoms with E-state index in [-0.39, 0.29) is 17.7 Å². The number of carbonyl (C=O) groups is 3. The predicted molar refractivity (Wildman–Crippen MR) is 128 cm³/mol. The molecule has 7 heteroatoms. The molecule has 32 heavy (non-hydrogen) atoms. The molecule has 3 rings (SSSR count). The van der Waals surface area contributed by atoms with Gasteiger partial charge >= 0.3 is 0 Å². The Morgan fingerprint density at radius 2 is 1.62 bits per heavy atom. The SMILES string of the molecule is CCNC(=O)c1cccc(CNC(=O)c2cccc(NC(=O)CCCc3cccs3)c2)c1. The third-order valence-electron chi connectivity index (χ3n) is 4.80. The van der Waals surface area contributed by atoms with E-state index in [9.17, 15) is 14.4 Å². The summed E-state index contributed by atoms with van der Waals surface area (Å²) in [5.74, 6) is -0.456. The Morgan fingerprint density at radius 1 is 0.875 bits per heavy atom. The van der Waals surface area contributed by atoms with Crippen molar-refractivity contribution in [2.75, 3.05) is 11.9 Å². The Labute approximate surface area is 192 Å². The summed E-state index contributed by atoms with van der Waals surface area (Å²) in [5, 5.41) is 10.5. The lowest BCUT2D eigenvalue weighted by molar-refractivity contribution is -0.116. The molecule has 3 amide bonds. The monoisotopic (exact) mass is 449 g/mol. The van der Waals surface area contributed by atoms with Crippen LogP contribution in [0.1, 0.15) is 50.9 Å². The van der Waals surface area contributed by atoms with E-state index >= 15 is 0 Å². The number of rotatable bonds is 10. The largest absolute Gasteiger partial charge is 0.352 e. The molecule has 0 unspecified atom stereocenters. The molecule has 0 spiro atoms. The van der Waals surface area contributed by atoms with Crippen LogP contribution in [0.15, 0.2) is 66.0 Å². The number of benzene rings is 2. The summed E-state index contributed by atoms with van der Waals surface area (Å²) < 4.78 is 0. The van der Waals surface area contributed by atoms with Crippen molar-refractivity contribution in [2.45, 2.75) is 32.7 Å². The first-order chi connectivity index (χ1) is 15.5. The van der Waals surface area contributed by atoms with Crippen LogP contribution in [0.5, 0.6) is 0 Å². The summed E-state index contributed by atoms with van der Waals surface area (Å²) >= 11 is 1.69. The van der Waals surface area contributed by atoms with Gasteiger partial charge in [-0.05, 0) is 67.1 Å². The molecule has 0 aliphatic rings. The van der Waals surface area contributed by atoms with Crippen molar-refractivity contribution in [3.05, 3.63) is 87.6 Å². The van der Waals surface area contributed by atoms with Crippen molar-refractivity contribution in [3.63, 3.8) is 0 Å². The zero-order chi connectivity index (χ0) is 22.8. The summed E-state index contributed by atoms with van der Waals surface area (Å²) in [6.07, 6.45) is 2.09. The fraction of sp³-hybridized carbons (Fsp3) is 0.240. The molecule has 2 aromatic carbocycles. The van der Waals surface area contributed by atoms with E-state index in [4.69, 9.17) is 0 Å². The third-order valence-corrected chi connectivity index (χ3v) is 5.73. The highest BCUT2D eigenvalue weighted by Gasteiger charge is 2.10. The van der Waals surface area contributed by atoms with Gasteiger partial charge in [0.25, 0.3) is 11.8 Å². The van der Waals surface area contributed by atoms with Crippen LogP contribution in [0.25, 0.3) is 0 Å². The molecular weight excluding hydrogens is 422 g/mol. The molecule has 0 bridgehead atoms. The molecule has 0 saturated carbocycles. The van der Waals surface area contributed by atoms with Gasteiger partial charge in [0.2, 0.25) is 5.91 Å². The first kappa shape index (κ1) is 23.2. The maximum Gasteiger partial charge on any atom is 0.251 e. The highest BCUT2D eigenvalue weighted by atomic mass is 32.1. The van der Waals surface area contributed by atoms with E-state index < -0.39 is 0 Å². The van der Waals surface area contributed by atoms with Crippen molar-refractivity contribution in [1.82, 2.24) is 10.6 Å². The molecule has 3 N–H and O–H groups in total. The van der Waals surface area contributed by atoms with E-state index in [1.165, 1.54) is 4.88 Å². The second-order valence-electron chi connectivity index (χ2n) is 7.30. The summed E-state index contributed by atoms with van der Waals surface area (Å²) in [5.41, 5.74) is 2.44. The summed E-state index contributed by atoms with van der Waals surface area (Å²) in [6, 6.07) is 18.1. The Hall–Kier alpha value is -3.45. The molecule has 166 valence electrons. The average Bonchev–Trinajstić information content (AvgIpc) is 3.31. The quantitative estimate of drug-likeness (QED) is 0.429. The number of hydrogen-bond acceptors (Lipinski definition) is 4. The van der Waals surface area contributed by atoms with Gasteiger partial charge in [0, 0.05) is 41.2 Å². The number of thiophene rings is 1. The Bertz CT molecular complexity index is 1060. The molecule has 1 heterocycles. The van der Waals surface area contributed by atoms with Crippen molar-refractivity contribution in [2.24, 2.45) is 0 Å². The first-order valence-corrected chi connectivity index (χ1v) is 11.5. The summed E-state index contributed by atoms with van der Waals surface area (Å²) in [6.45, 7) is 2.72. The Kier molecular flexibility index (Phi) is 8.57.